The molecule has 6 N–H and O–H groups in total. The van der Waals surface area contributed by atoms with Crippen molar-refractivity contribution in [2.75, 3.05) is 30.7 Å². The number of para-hydroxylation sites is 2. The number of carbonyl (C=O) groups excluding carboxylic acids is 2. The number of anilines is 2. The topological polar surface area (TPSA) is 146 Å². The number of ether oxygens (including phenoxy) is 2. The van der Waals surface area contributed by atoms with E-state index in [4.69, 9.17) is 15.2 Å². The monoisotopic (exact) mass is 706 g/mol. The van der Waals surface area contributed by atoms with Crippen molar-refractivity contribution < 1.29 is 29.3 Å². The van der Waals surface area contributed by atoms with Gasteiger partial charge in [0.25, 0.3) is 0 Å². The lowest BCUT2D eigenvalue weighted by atomic mass is 9.98. The minimum atomic E-state index is -0.552. The second-order valence-electron chi connectivity index (χ2n) is 13.8. The summed E-state index contributed by atoms with van der Waals surface area (Å²) in [6, 6.07) is 31.6. The Labute approximate surface area is 305 Å². The number of carbonyl (C=O) groups is 2. The van der Waals surface area contributed by atoms with Crippen LogP contribution < -0.4 is 16.4 Å². The number of hydrogen-bond donors (Lipinski definition) is 5. The molecule has 52 heavy (non-hydrogen) atoms. The van der Waals surface area contributed by atoms with Crippen LogP contribution in [0.25, 0.3) is 11.1 Å². The summed E-state index contributed by atoms with van der Waals surface area (Å²) in [5.74, 6) is -0.164. The quantitative estimate of drug-likeness (QED) is 0.0721. The summed E-state index contributed by atoms with van der Waals surface area (Å²) >= 11 is 0. The van der Waals surface area contributed by atoms with E-state index < -0.39 is 6.29 Å². The Hall–Kier alpha value is -4.58. The van der Waals surface area contributed by atoms with E-state index in [1.807, 2.05) is 60.7 Å². The molecule has 0 bridgehead atoms. The van der Waals surface area contributed by atoms with Crippen LogP contribution >= 0.6 is 0 Å². The summed E-state index contributed by atoms with van der Waals surface area (Å²) in [6.07, 6.45) is 3.88. The van der Waals surface area contributed by atoms with Gasteiger partial charge in [-0.2, -0.15) is 0 Å². The number of nitrogen functional groups attached to an aromatic ring is 1. The number of nitrogens with zero attached hydrogens (tertiary/aromatic N) is 1. The van der Waals surface area contributed by atoms with Gasteiger partial charge in [0, 0.05) is 44.0 Å². The van der Waals surface area contributed by atoms with E-state index >= 15 is 0 Å². The standard InChI is InChI=1S/C42H50N4O6/c43-37-10-1-2-11-38(37)45-41(50)13-4-3-12-40(49)44-25-30-7-5-8-34(23-30)31-18-20-33(21-19-31)42-51-36(26-46-22-6-9-35(46)28-48)24-39(52-42)32-16-14-29(27-47)15-17-32/h1-2,5,7-8,10-11,14-21,23,35-36,39,42,47-48H,3-4,6,9,12-13,22,24-28,43H2,(H,44,49)(H,45,50)/t35-,36-,39+,42+/m0/s1. The van der Waals surface area contributed by atoms with E-state index in [1.165, 1.54) is 0 Å². The zero-order chi connectivity index (χ0) is 36.3. The van der Waals surface area contributed by atoms with E-state index in [0.717, 1.165) is 59.3 Å². The van der Waals surface area contributed by atoms with Crippen LogP contribution in [0.3, 0.4) is 0 Å². The lowest BCUT2D eigenvalue weighted by molar-refractivity contribution is -0.253. The highest BCUT2D eigenvalue weighted by Crippen LogP contribution is 2.39. The Kier molecular flexibility index (Phi) is 13.1. The Morgan fingerprint density at radius 3 is 2.31 bits per heavy atom. The molecule has 10 nitrogen and oxygen atoms in total. The number of benzene rings is 4. The maximum absolute atomic E-state index is 12.6. The number of amides is 2. The number of rotatable bonds is 15. The third kappa shape index (κ3) is 10.1. The summed E-state index contributed by atoms with van der Waals surface area (Å²) in [5, 5.41) is 25.3. The van der Waals surface area contributed by atoms with Gasteiger partial charge in [-0.05, 0) is 78.2 Å². The first-order valence-corrected chi connectivity index (χ1v) is 18.3. The lowest BCUT2D eigenvalue weighted by Crippen LogP contribution is -2.42. The van der Waals surface area contributed by atoms with Gasteiger partial charge in [-0.1, -0.05) is 78.9 Å². The number of nitrogens with two attached hydrogens (primary N) is 1. The van der Waals surface area contributed by atoms with Crippen molar-refractivity contribution in [3.05, 3.63) is 119 Å². The molecule has 2 aliphatic rings. The van der Waals surface area contributed by atoms with Crippen molar-refractivity contribution in [3.63, 3.8) is 0 Å². The van der Waals surface area contributed by atoms with Crippen molar-refractivity contribution in [3.8, 4) is 11.1 Å². The fourth-order valence-corrected chi connectivity index (χ4v) is 7.01. The fraction of sp³-hybridized carbons (Fsp3) is 0.381. The summed E-state index contributed by atoms with van der Waals surface area (Å²) in [7, 11) is 0. The highest BCUT2D eigenvalue weighted by atomic mass is 16.7. The predicted octanol–water partition coefficient (Wildman–Crippen LogP) is 6.25. The smallest absolute Gasteiger partial charge is 0.224 e. The van der Waals surface area contributed by atoms with Crippen LogP contribution in [0.5, 0.6) is 0 Å². The van der Waals surface area contributed by atoms with Crippen LogP contribution in [0.4, 0.5) is 11.4 Å². The third-order valence-electron chi connectivity index (χ3n) is 9.99. The first kappa shape index (κ1) is 37.2. The molecule has 4 aromatic rings. The second-order valence-corrected chi connectivity index (χ2v) is 13.8. The Bertz CT molecular complexity index is 1770. The molecule has 0 radical (unpaired) electrons. The van der Waals surface area contributed by atoms with Crippen LogP contribution in [0, 0.1) is 0 Å². The van der Waals surface area contributed by atoms with Gasteiger partial charge < -0.3 is 36.1 Å². The van der Waals surface area contributed by atoms with Crippen molar-refractivity contribution in [2.24, 2.45) is 0 Å². The van der Waals surface area contributed by atoms with E-state index in [1.54, 1.807) is 12.1 Å². The Morgan fingerprint density at radius 2 is 1.56 bits per heavy atom. The first-order valence-electron chi connectivity index (χ1n) is 18.3. The molecule has 2 amide bonds. The van der Waals surface area contributed by atoms with Gasteiger partial charge in [0.05, 0.1) is 36.8 Å². The SMILES string of the molecule is Nc1ccccc1NC(=O)CCCCC(=O)NCc1cccc(-c2ccc([C@@H]3O[C@H](CN4CCC[C@H]4CO)C[C@H](c4ccc(CO)cc4)O3)cc2)c1. The highest BCUT2D eigenvalue weighted by molar-refractivity contribution is 5.93. The average Bonchev–Trinajstić information content (AvgIpc) is 3.63. The van der Waals surface area contributed by atoms with Crippen LogP contribution in [0.2, 0.25) is 0 Å². The van der Waals surface area contributed by atoms with Gasteiger partial charge >= 0.3 is 0 Å². The molecule has 274 valence electrons. The van der Waals surface area contributed by atoms with Gasteiger partial charge in [0.2, 0.25) is 11.8 Å². The molecule has 0 saturated carbocycles. The zero-order valence-corrected chi connectivity index (χ0v) is 29.6. The molecule has 2 fully saturated rings. The van der Waals surface area contributed by atoms with E-state index in [2.05, 4.69) is 39.8 Å². The largest absolute Gasteiger partial charge is 0.397 e. The highest BCUT2D eigenvalue weighted by Gasteiger charge is 2.35. The van der Waals surface area contributed by atoms with Gasteiger partial charge in [0.1, 0.15) is 0 Å². The van der Waals surface area contributed by atoms with E-state index in [0.29, 0.717) is 50.0 Å². The third-order valence-corrected chi connectivity index (χ3v) is 9.99. The summed E-state index contributed by atoms with van der Waals surface area (Å²) in [5.41, 5.74) is 12.9. The average molecular weight is 707 g/mol. The normalized spacial score (nSPS) is 20.4. The number of likely N-dealkylation sites (tertiary alicyclic amines) is 1. The predicted molar refractivity (Wildman–Crippen MR) is 202 cm³/mol. The number of unbranched alkanes of at least 4 members (excludes halogenated alkanes) is 1. The van der Waals surface area contributed by atoms with Crippen LogP contribution in [0.15, 0.2) is 97.1 Å². The Balaban J connectivity index is 1.02. The number of nitrogens with one attached hydrogen (secondary N) is 2. The molecule has 10 heteroatoms. The van der Waals surface area contributed by atoms with Gasteiger partial charge in [-0.15, -0.1) is 0 Å². The summed E-state index contributed by atoms with van der Waals surface area (Å²) in [4.78, 5) is 27.1. The summed E-state index contributed by atoms with van der Waals surface area (Å²) in [6.45, 7) is 2.26. The molecule has 0 aliphatic carbocycles. The molecule has 0 spiro atoms. The maximum Gasteiger partial charge on any atom is 0.224 e. The molecule has 0 unspecified atom stereocenters. The molecule has 4 aromatic carbocycles. The zero-order valence-electron chi connectivity index (χ0n) is 29.6. The number of aliphatic hydroxyl groups is 2. The first-order chi connectivity index (χ1) is 25.4. The van der Waals surface area contributed by atoms with E-state index in [-0.39, 0.29) is 43.3 Å². The van der Waals surface area contributed by atoms with Crippen molar-refractivity contribution in [1.29, 1.82) is 0 Å². The lowest BCUT2D eigenvalue weighted by Gasteiger charge is -2.38. The van der Waals surface area contributed by atoms with Crippen LogP contribution in [-0.4, -0.2) is 58.8 Å². The second kappa shape index (κ2) is 18.3. The maximum atomic E-state index is 12.6. The van der Waals surface area contributed by atoms with Crippen LogP contribution in [0.1, 0.15) is 79.6 Å². The van der Waals surface area contributed by atoms with Crippen LogP contribution in [-0.2, 0) is 32.2 Å². The van der Waals surface area contributed by atoms with Gasteiger partial charge in [0.15, 0.2) is 6.29 Å². The Morgan fingerprint density at radius 1 is 0.808 bits per heavy atom. The van der Waals surface area contributed by atoms with Crippen molar-refractivity contribution in [2.45, 2.75) is 82.6 Å². The van der Waals surface area contributed by atoms with Gasteiger partial charge in [-0.3, -0.25) is 14.5 Å². The molecule has 0 aromatic heterocycles. The molecular weight excluding hydrogens is 656 g/mol. The number of aliphatic hydroxyl groups excluding tert-OH is 2. The van der Waals surface area contributed by atoms with Crippen molar-refractivity contribution in [1.82, 2.24) is 10.2 Å². The molecule has 2 heterocycles. The van der Waals surface area contributed by atoms with Gasteiger partial charge in [-0.25, -0.2) is 0 Å². The fourth-order valence-electron chi connectivity index (χ4n) is 7.01. The minimum Gasteiger partial charge on any atom is -0.397 e. The number of hydrogen-bond acceptors (Lipinski definition) is 8. The minimum absolute atomic E-state index is 0.00285. The molecule has 6 rings (SSSR count). The molecule has 4 atom stereocenters. The molecule has 2 saturated heterocycles. The van der Waals surface area contributed by atoms with Crippen molar-refractivity contribution >= 4 is 23.2 Å². The summed E-state index contributed by atoms with van der Waals surface area (Å²) < 4.78 is 13.1. The molecule has 2 aliphatic heterocycles. The van der Waals surface area contributed by atoms with E-state index in [9.17, 15) is 19.8 Å². The molecular formula is C42H50N4O6.